The van der Waals surface area contributed by atoms with Crippen molar-refractivity contribution in [1.29, 1.82) is 0 Å². The topological polar surface area (TPSA) is 79.1 Å². The third kappa shape index (κ3) is 1.82. The number of hydrogen-bond acceptors (Lipinski definition) is 2. The van der Waals surface area contributed by atoms with E-state index in [4.69, 9.17) is 5.73 Å². The van der Waals surface area contributed by atoms with Gasteiger partial charge in [0, 0.05) is 22.2 Å². The number of nitrogen functional groups attached to an aromatic ring is 1. The van der Waals surface area contributed by atoms with Gasteiger partial charge in [0.05, 0.1) is 0 Å². The number of carboxylic acids is 1. The Hall–Kier alpha value is -2.75. The number of para-hydroxylation sites is 1. The first-order chi connectivity index (χ1) is 9.58. The molecule has 20 heavy (non-hydrogen) atoms. The van der Waals surface area contributed by atoms with Gasteiger partial charge in [-0.15, -0.1) is 0 Å². The third-order valence-corrected chi connectivity index (χ3v) is 3.46. The number of H-pyrrole nitrogens is 1. The molecule has 0 spiro atoms. The van der Waals surface area contributed by atoms with Crippen LogP contribution in [-0.2, 0) is 0 Å². The maximum absolute atomic E-state index is 11.5. The average molecular weight is 266 g/mol. The Morgan fingerprint density at radius 2 is 1.85 bits per heavy atom. The molecule has 4 N–H and O–H groups in total. The largest absolute Gasteiger partial charge is 0.477 e. The summed E-state index contributed by atoms with van der Waals surface area (Å²) in [6, 6.07) is 13.0. The predicted molar refractivity (Wildman–Crippen MR) is 79.8 cm³/mol. The highest BCUT2D eigenvalue weighted by Gasteiger charge is 2.19. The number of nitrogens with two attached hydrogens (primary N) is 1. The van der Waals surface area contributed by atoms with Crippen LogP contribution in [0.2, 0.25) is 0 Å². The molecular weight excluding hydrogens is 252 g/mol. The zero-order chi connectivity index (χ0) is 14.3. The summed E-state index contributed by atoms with van der Waals surface area (Å²) in [6.07, 6.45) is 0. The summed E-state index contributed by atoms with van der Waals surface area (Å²) in [5, 5.41) is 10.3. The average Bonchev–Trinajstić information content (AvgIpc) is 2.81. The molecule has 3 rings (SSSR count). The molecule has 1 aromatic heterocycles. The van der Waals surface area contributed by atoms with E-state index in [0.717, 1.165) is 22.0 Å². The van der Waals surface area contributed by atoms with Crippen molar-refractivity contribution in [2.45, 2.75) is 6.92 Å². The molecule has 0 atom stereocenters. The molecule has 0 radical (unpaired) electrons. The van der Waals surface area contributed by atoms with Gasteiger partial charge in [-0.1, -0.05) is 30.3 Å². The van der Waals surface area contributed by atoms with Crippen molar-refractivity contribution >= 4 is 22.6 Å². The smallest absolute Gasteiger partial charge is 0.352 e. The number of hydrogen-bond donors (Lipinski definition) is 3. The van der Waals surface area contributed by atoms with Crippen molar-refractivity contribution in [3.8, 4) is 11.1 Å². The lowest BCUT2D eigenvalue weighted by molar-refractivity contribution is 0.0692. The van der Waals surface area contributed by atoms with Gasteiger partial charge in [0.25, 0.3) is 0 Å². The van der Waals surface area contributed by atoms with Crippen LogP contribution in [0.15, 0.2) is 42.5 Å². The van der Waals surface area contributed by atoms with E-state index >= 15 is 0 Å². The second-order valence-corrected chi connectivity index (χ2v) is 4.80. The minimum Gasteiger partial charge on any atom is -0.477 e. The maximum Gasteiger partial charge on any atom is 0.352 e. The van der Waals surface area contributed by atoms with Gasteiger partial charge in [0.15, 0.2) is 0 Å². The summed E-state index contributed by atoms with van der Waals surface area (Å²) in [7, 11) is 0. The van der Waals surface area contributed by atoms with Crippen LogP contribution in [0.1, 0.15) is 16.1 Å². The van der Waals surface area contributed by atoms with E-state index in [1.165, 1.54) is 0 Å². The fraction of sp³-hybridized carbons (Fsp3) is 0.0625. The molecule has 0 amide bonds. The molecule has 2 aromatic carbocycles. The summed E-state index contributed by atoms with van der Waals surface area (Å²) in [6.45, 7) is 1.96. The van der Waals surface area contributed by atoms with Crippen LogP contribution in [0.4, 0.5) is 5.69 Å². The van der Waals surface area contributed by atoms with E-state index in [0.29, 0.717) is 11.3 Å². The van der Waals surface area contributed by atoms with Crippen molar-refractivity contribution in [3.05, 3.63) is 53.7 Å². The molecule has 100 valence electrons. The van der Waals surface area contributed by atoms with Crippen molar-refractivity contribution in [3.63, 3.8) is 0 Å². The van der Waals surface area contributed by atoms with Gasteiger partial charge in [0.2, 0.25) is 0 Å². The molecule has 4 nitrogen and oxygen atoms in total. The van der Waals surface area contributed by atoms with Crippen LogP contribution in [-0.4, -0.2) is 16.1 Å². The third-order valence-electron chi connectivity index (χ3n) is 3.46. The van der Waals surface area contributed by atoms with Crippen molar-refractivity contribution < 1.29 is 9.90 Å². The molecule has 0 saturated heterocycles. The molecule has 1 heterocycles. The van der Waals surface area contributed by atoms with Gasteiger partial charge < -0.3 is 15.8 Å². The van der Waals surface area contributed by atoms with Crippen LogP contribution in [0.5, 0.6) is 0 Å². The summed E-state index contributed by atoms with van der Waals surface area (Å²) >= 11 is 0. The van der Waals surface area contributed by atoms with Gasteiger partial charge >= 0.3 is 5.97 Å². The minimum atomic E-state index is -0.965. The summed E-state index contributed by atoms with van der Waals surface area (Å²) in [5.41, 5.74) is 9.98. The van der Waals surface area contributed by atoms with Gasteiger partial charge in [-0.25, -0.2) is 4.79 Å². The molecule has 3 aromatic rings. The molecule has 0 aliphatic carbocycles. The number of nitrogens with one attached hydrogen (secondary N) is 1. The fourth-order valence-electron chi connectivity index (χ4n) is 2.47. The Labute approximate surface area is 115 Å². The minimum absolute atomic E-state index is 0.207. The highest BCUT2D eigenvalue weighted by Crippen LogP contribution is 2.34. The first-order valence-corrected chi connectivity index (χ1v) is 6.28. The lowest BCUT2D eigenvalue weighted by Gasteiger charge is -2.03. The number of anilines is 1. The van der Waals surface area contributed by atoms with Crippen molar-refractivity contribution in [1.82, 2.24) is 4.98 Å². The first kappa shape index (κ1) is 12.3. The molecule has 0 aliphatic heterocycles. The van der Waals surface area contributed by atoms with Crippen LogP contribution in [0.25, 0.3) is 22.0 Å². The van der Waals surface area contributed by atoms with E-state index in [-0.39, 0.29) is 5.69 Å². The number of fused-ring (bicyclic) bond motifs is 1. The van der Waals surface area contributed by atoms with Gasteiger partial charge in [-0.2, -0.15) is 0 Å². The zero-order valence-electron chi connectivity index (χ0n) is 11.0. The number of aromatic nitrogens is 1. The number of carboxylic acid groups (broad SMARTS) is 1. The predicted octanol–water partition coefficient (Wildman–Crippen LogP) is 3.42. The second kappa shape index (κ2) is 4.42. The van der Waals surface area contributed by atoms with E-state index < -0.39 is 5.97 Å². The Morgan fingerprint density at radius 1 is 1.15 bits per heavy atom. The highest BCUT2D eigenvalue weighted by atomic mass is 16.4. The zero-order valence-corrected chi connectivity index (χ0v) is 11.0. The van der Waals surface area contributed by atoms with Crippen LogP contribution in [0, 0.1) is 6.92 Å². The standard InChI is InChI=1S/C16H14N2O2/c1-9-3-2-4-12-13(10-5-7-11(17)8-6-10)15(16(19)20)18-14(9)12/h2-8,18H,17H2,1H3,(H,19,20). The fourth-order valence-corrected chi connectivity index (χ4v) is 2.47. The molecular formula is C16H14N2O2. The van der Waals surface area contributed by atoms with Crippen LogP contribution < -0.4 is 5.73 Å². The first-order valence-electron chi connectivity index (χ1n) is 6.28. The Bertz CT molecular complexity index is 801. The van der Waals surface area contributed by atoms with Crippen LogP contribution >= 0.6 is 0 Å². The van der Waals surface area contributed by atoms with E-state index in [2.05, 4.69) is 4.98 Å². The molecule has 0 saturated carbocycles. The number of aromatic amines is 1. The molecule has 0 fully saturated rings. The van der Waals surface area contributed by atoms with E-state index in [1.807, 2.05) is 37.3 Å². The van der Waals surface area contributed by atoms with Gasteiger partial charge in [0.1, 0.15) is 5.69 Å². The Morgan fingerprint density at radius 3 is 2.50 bits per heavy atom. The van der Waals surface area contributed by atoms with Crippen LogP contribution in [0.3, 0.4) is 0 Å². The summed E-state index contributed by atoms with van der Waals surface area (Å²) in [5.74, 6) is -0.965. The summed E-state index contributed by atoms with van der Waals surface area (Å²) < 4.78 is 0. The Kier molecular flexibility index (Phi) is 2.71. The lowest BCUT2D eigenvalue weighted by Crippen LogP contribution is -1.98. The number of rotatable bonds is 2. The van der Waals surface area contributed by atoms with E-state index in [1.54, 1.807) is 12.1 Å². The normalized spacial score (nSPS) is 10.8. The highest BCUT2D eigenvalue weighted by molar-refractivity contribution is 6.08. The summed E-state index contributed by atoms with van der Waals surface area (Å²) in [4.78, 5) is 14.5. The van der Waals surface area contributed by atoms with E-state index in [9.17, 15) is 9.90 Å². The number of aromatic carboxylic acids is 1. The second-order valence-electron chi connectivity index (χ2n) is 4.80. The molecule has 0 unspecified atom stereocenters. The molecule has 4 heteroatoms. The lowest BCUT2D eigenvalue weighted by atomic mass is 10.0. The number of carbonyl (C=O) groups is 1. The van der Waals surface area contributed by atoms with Crippen molar-refractivity contribution in [2.75, 3.05) is 5.73 Å². The number of benzene rings is 2. The molecule has 0 aliphatic rings. The quantitative estimate of drug-likeness (QED) is 0.622. The molecule has 0 bridgehead atoms. The van der Waals surface area contributed by atoms with Gasteiger partial charge in [-0.05, 0) is 30.2 Å². The van der Waals surface area contributed by atoms with Gasteiger partial charge in [-0.3, -0.25) is 0 Å². The Balaban J connectivity index is 2.37. The number of aryl methyl sites for hydroxylation is 1. The SMILES string of the molecule is Cc1cccc2c(-c3ccc(N)cc3)c(C(=O)O)[nH]c12. The monoisotopic (exact) mass is 266 g/mol. The maximum atomic E-state index is 11.5. The van der Waals surface area contributed by atoms with Crippen molar-refractivity contribution in [2.24, 2.45) is 0 Å².